The summed E-state index contributed by atoms with van der Waals surface area (Å²) in [6.07, 6.45) is 6.83. The van der Waals surface area contributed by atoms with Crippen molar-refractivity contribution in [2.24, 2.45) is 0 Å². The highest BCUT2D eigenvalue weighted by atomic mass is 15.2. The molecule has 2 heteroatoms. The molecule has 1 N–H and O–H groups in total. The SMILES string of the molecule is CCCC(CNCC)N(CCC)C1CC1. The quantitative estimate of drug-likeness (QED) is 0.632. The van der Waals surface area contributed by atoms with Crippen molar-refractivity contribution in [1.29, 1.82) is 0 Å². The molecule has 0 aromatic rings. The Kier molecular flexibility index (Phi) is 6.26. The van der Waals surface area contributed by atoms with Crippen molar-refractivity contribution in [2.45, 2.75) is 65.0 Å². The molecule has 1 unspecified atom stereocenters. The first kappa shape index (κ1) is 13.0. The molecule has 1 aliphatic rings. The Morgan fingerprint density at radius 1 is 1.20 bits per heavy atom. The van der Waals surface area contributed by atoms with Gasteiger partial charge in [-0.05, 0) is 38.8 Å². The first-order valence-electron chi connectivity index (χ1n) is 6.79. The third-order valence-corrected chi connectivity index (χ3v) is 3.22. The number of rotatable bonds is 9. The molecule has 15 heavy (non-hydrogen) atoms. The van der Waals surface area contributed by atoms with Crippen LogP contribution in [0.3, 0.4) is 0 Å². The predicted molar refractivity (Wildman–Crippen MR) is 67.3 cm³/mol. The second-order valence-electron chi connectivity index (χ2n) is 4.72. The summed E-state index contributed by atoms with van der Waals surface area (Å²) < 4.78 is 0. The first-order valence-corrected chi connectivity index (χ1v) is 6.79. The van der Waals surface area contributed by atoms with Gasteiger partial charge in [-0.3, -0.25) is 4.90 Å². The van der Waals surface area contributed by atoms with Crippen LogP contribution in [0.4, 0.5) is 0 Å². The number of hydrogen-bond donors (Lipinski definition) is 1. The zero-order valence-electron chi connectivity index (χ0n) is 10.8. The van der Waals surface area contributed by atoms with Crippen LogP contribution in [0.5, 0.6) is 0 Å². The molecule has 1 atom stereocenters. The van der Waals surface area contributed by atoms with Crippen molar-refractivity contribution in [3.8, 4) is 0 Å². The van der Waals surface area contributed by atoms with Gasteiger partial charge in [0.05, 0.1) is 0 Å². The van der Waals surface area contributed by atoms with Gasteiger partial charge < -0.3 is 5.32 Å². The van der Waals surface area contributed by atoms with Crippen molar-refractivity contribution in [2.75, 3.05) is 19.6 Å². The number of hydrogen-bond acceptors (Lipinski definition) is 2. The second-order valence-corrected chi connectivity index (χ2v) is 4.72. The molecule has 0 radical (unpaired) electrons. The molecule has 2 nitrogen and oxygen atoms in total. The minimum Gasteiger partial charge on any atom is -0.315 e. The number of nitrogens with zero attached hydrogens (tertiary/aromatic N) is 1. The lowest BCUT2D eigenvalue weighted by atomic mass is 10.1. The number of nitrogens with one attached hydrogen (secondary N) is 1. The van der Waals surface area contributed by atoms with Gasteiger partial charge in [0.15, 0.2) is 0 Å². The topological polar surface area (TPSA) is 15.3 Å². The Morgan fingerprint density at radius 2 is 1.93 bits per heavy atom. The Morgan fingerprint density at radius 3 is 2.40 bits per heavy atom. The summed E-state index contributed by atoms with van der Waals surface area (Å²) in [5.41, 5.74) is 0. The standard InChI is InChI=1S/C13H28N2/c1-4-7-13(11-14-6-3)15(10-5-2)12-8-9-12/h12-14H,4-11H2,1-3H3. The molecule has 0 aromatic carbocycles. The fraction of sp³-hybridized carbons (Fsp3) is 1.00. The highest BCUT2D eigenvalue weighted by Crippen LogP contribution is 2.29. The third kappa shape index (κ3) is 4.52. The highest BCUT2D eigenvalue weighted by Gasteiger charge is 2.32. The fourth-order valence-corrected chi connectivity index (χ4v) is 2.36. The van der Waals surface area contributed by atoms with Crippen LogP contribution in [0.15, 0.2) is 0 Å². The molecule has 0 saturated heterocycles. The molecule has 0 bridgehead atoms. The summed E-state index contributed by atoms with van der Waals surface area (Å²) in [6.45, 7) is 10.4. The lowest BCUT2D eigenvalue weighted by Gasteiger charge is -2.31. The van der Waals surface area contributed by atoms with Crippen molar-refractivity contribution in [3.63, 3.8) is 0 Å². The van der Waals surface area contributed by atoms with E-state index in [0.717, 1.165) is 18.6 Å². The molecule has 0 heterocycles. The average Bonchev–Trinajstić information content (AvgIpc) is 3.05. The van der Waals surface area contributed by atoms with E-state index < -0.39 is 0 Å². The predicted octanol–water partition coefficient (Wildman–Crippen LogP) is 2.64. The minimum absolute atomic E-state index is 0.780. The molecule has 90 valence electrons. The maximum atomic E-state index is 3.51. The lowest BCUT2D eigenvalue weighted by molar-refractivity contribution is 0.172. The van der Waals surface area contributed by atoms with Crippen LogP contribution >= 0.6 is 0 Å². The zero-order chi connectivity index (χ0) is 11.1. The summed E-state index contributed by atoms with van der Waals surface area (Å²) in [5, 5.41) is 3.51. The first-order chi connectivity index (χ1) is 7.33. The van der Waals surface area contributed by atoms with E-state index in [0.29, 0.717) is 0 Å². The Bertz CT molecular complexity index is 155. The molecule has 0 spiro atoms. The fourth-order valence-electron chi connectivity index (χ4n) is 2.36. The Hall–Kier alpha value is -0.0800. The smallest absolute Gasteiger partial charge is 0.0223 e. The van der Waals surface area contributed by atoms with Gasteiger partial charge in [-0.1, -0.05) is 27.2 Å². The molecular weight excluding hydrogens is 184 g/mol. The van der Waals surface area contributed by atoms with Crippen LogP contribution in [0.25, 0.3) is 0 Å². The van der Waals surface area contributed by atoms with Crippen molar-refractivity contribution in [1.82, 2.24) is 10.2 Å². The maximum Gasteiger partial charge on any atom is 0.0223 e. The summed E-state index contributed by atoms with van der Waals surface area (Å²) in [6, 6.07) is 1.70. The third-order valence-electron chi connectivity index (χ3n) is 3.22. The Labute approximate surface area is 95.4 Å². The van der Waals surface area contributed by atoms with E-state index in [2.05, 4.69) is 31.0 Å². The van der Waals surface area contributed by atoms with Crippen LogP contribution in [-0.4, -0.2) is 36.6 Å². The lowest BCUT2D eigenvalue weighted by Crippen LogP contribution is -2.44. The molecule has 1 saturated carbocycles. The van der Waals surface area contributed by atoms with Gasteiger partial charge in [-0.25, -0.2) is 0 Å². The second kappa shape index (κ2) is 7.24. The van der Waals surface area contributed by atoms with E-state index >= 15 is 0 Å². The van der Waals surface area contributed by atoms with Gasteiger partial charge in [0.1, 0.15) is 0 Å². The molecular formula is C13H28N2. The molecule has 0 aliphatic heterocycles. The van der Waals surface area contributed by atoms with Crippen LogP contribution in [0.1, 0.15) is 52.9 Å². The summed E-state index contributed by atoms with van der Waals surface area (Å²) >= 11 is 0. The maximum absolute atomic E-state index is 3.51. The molecule has 0 amide bonds. The molecule has 1 aliphatic carbocycles. The van der Waals surface area contributed by atoms with Crippen molar-refractivity contribution >= 4 is 0 Å². The van der Waals surface area contributed by atoms with Crippen LogP contribution in [0, 0.1) is 0 Å². The van der Waals surface area contributed by atoms with E-state index in [1.165, 1.54) is 45.2 Å². The van der Waals surface area contributed by atoms with Crippen molar-refractivity contribution < 1.29 is 0 Å². The van der Waals surface area contributed by atoms with Crippen LogP contribution < -0.4 is 5.32 Å². The average molecular weight is 212 g/mol. The van der Waals surface area contributed by atoms with E-state index in [4.69, 9.17) is 0 Å². The zero-order valence-corrected chi connectivity index (χ0v) is 10.8. The van der Waals surface area contributed by atoms with Gasteiger partial charge >= 0.3 is 0 Å². The number of likely N-dealkylation sites (N-methyl/N-ethyl adjacent to an activating group) is 1. The molecule has 0 aromatic heterocycles. The normalized spacial score (nSPS) is 18.4. The van der Waals surface area contributed by atoms with Crippen molar-refractivity contribution in [3.05, 3.63) is 0 Å². The largest absolute Gasteiger partial charge is 0.315 e. The van der Waals surface area contributed by atoms with E-state index in [1.807, 2.05) is 0 Å². The van der Waals surface area contributed by atoms with E-state index in [-0.39, 0.29) is 0 Å². The van der Waals surface area contributed by atoms with E-state index in [1.54, 1.807) is 0 Å². The van der Waals surface area contributed by atoms with Gasteiger partial charge in [0.2, 0.25) is 0 Å². The molecule has 1 fully saturated rings. The van der Waals surface area contributed by atoms with Crippen LogP contribution in [0.2, 0.25) is 0 Å². The summed E-state index contributed by atoms with van der Waals surface area (Å²) in [7, 11) is 0. The van der Waals surface area contributed by atoms with Gasteiger partial charge in [-0.15, -0.1) is 0 Å². The summed E-state index contributed by atoms with van der Waals surface area (Å²) in [4.78, 5) is 2.76. The van der Waals surface area contributed by atoms with Crippen LogP contribution in [-0.2, 0) is 0 Å². The minimum atomic E-state index is 0.780. The monoisotopic (exact) mass is 212 g/mol. The highest BCUT2D eigenvalue weighted by molar-refractivity contribution is 4.89. The van der Waals surface area contributed by atoms with Gasteiger partial charge in [0, 0.05) is 18.6 Å². The van der Waals surface area contributed by atoms with Gasteiger partial charge in [-0.2, -0.15) is 0 Å². The Balaban J connectivity index is 2.40. The summed E-state index contributed by atoms with van der Waals surface area (Å²) in [5.74, 6) is 0. The van der Waals surface area contributed by atoms with E-state index in [9.17, 15) is 0 Å². The van der Waals surface area contributed by atoms with Gasteiger partial charge in [0.25, 0.3) is 0 Å². The molecule has 1 rings (SSSR count).